The predicted octanol–water partition coefficient (Wildman–Crippen LogP) is 10.3. The maximum Gasteiger partial charge on any atom is -0.0233 e. The van der Waals surface area contributed by atoms with Crippen molar-refractivity contribution in [1.29, 1.82) is 0 Å². The van der Waals surface area contributed by atoms with Gasteiger partial charge in [-0.3, -0.25) is 0 Å². The molecule has 0 atom stereocenters. The van der Waals surface area contributed by atoms with E-state index in [0.29, 0.717) is 0 Å². The Morgan fingerprint density at radius 2 is 1.06 bits per heavy atom. The van der Waals surface area contributed by atoms with Gasteiger partial charge in [0.1, 0.15) is 0 Å². The molecule has 0 aliphatic heterocycles. The molecule has 0 aromatic heterocycles. The van der Waals surface area contributed by atoms with E-state index in [-0.39, 0.29) is 0 Å². The van der Waals surface area contributed by atoms with Gasteiger partial charge in [-0.05, 0) is 119 Å². The molecule has 0 unspecified atom stereocenters. The molecule has 0 spiro atoms. The van der Waals surface area contributed by atoms with Gasteiger partial charge in [-0.25, -0.2) is 0 Å². The third kappa shape index (κ3) is 9.09. The summed E-state index contributed by atoms with van der Waals surface area (Å²) < 4.78 is 0. The molecule has 3 fully saturated rings. The van der Waals surface area contributed by atoms with E-state index in [1.54, 1.807) is 25.7 Å². The van der Waals surface area contributed by atoms with Crippen molar-refractivity contribution in [2.75, 3.05) is 0 Å². The lowest BCUT2D eigenvalue weighted by atomic mass is 9.68. The van der Waals surface area contributed by atoms with Crippen LogP contribution in [0.15, 0.2) is 24.3 Å². The van der Waals surface area contributed by atoms with Gasteiger partial charge >= 0.3 is 0 Å². The van der Waals surface area contributed by atoms with Crippen LogP contribution in [0.5, 0.6) is 0 Å². The van der Waals surface area contributed by atoms with Crippen molar-refractivity contribution < 1.29 is 0 Å². The van der Waals surface area contributed by atoms with E-state index in [2.05, 4.69) is 38.2 Å². The highest BCUT2D eigenvalue weighted by atomic mass is 14.4. The third-order valence-corrected chi connectivity index (χ3v) is 9.28. The zero-order valence-corrected chi connectivity index (χ0v) is 21.2. The second-order valence-corrected chi connectivity index (χ2v) is 11.6. The van der Waals surface area contributed by atoms with Crippen LogP contribution in [0.25, 0.3) is 0 Å². The van der Waals surface area contributed by atoms with Gasteiger partial charge in [0.15, 0.2) is 0 Å². The lowest BCUT2D eigenvalue weighted by Crippen LogP contribution is -2.25. The summed E-state index contributed by atoms with van der Waals surface area (Å²) in [7, 11) is 0. The molecule has 0 aromatic rings. The largest absolute Gasteiger partial charge is 0.0885 e. The van der Waals surface area contributed by atoms with E-state index in [0.717, 1.165) is 35.5 Å². The average Bonchev–Trinajstić information content (AvgIpc) is 2.82. The standard InChI is InChI=1S/C31H54/c1-3-5-7-11-28-18-22-30(23-19-28)31-24-20-29(21-25-31)13-9-8-12-27-16-14-26(15-17-27)10-6-4-2/h6,9-10,13,26-31H,3-5,7-8,11-12,14-25H2,1-2H3/b10-6+,13-9+/t26-,27-,28-,29?,30-,31?. The molecule has 0 nitrogen and oxygen atoms in total. The molecule has 0 heterocycles. The number of allylic oxidation sites excluding steroid dienone is 4. The monoisotopic (exact) mass is 426 g/mol. The van der Waals surface area contributed by atoms with E-state index in [4.69, 9.17) is 0 Å². The molecule has 3 saturated carbocycles. The number of rotatable bonds is 11. The maximum atomic E-state index is 2.62. The van der Waals surface area contributed by atoms with E-state index in [9.17, 15) is 0 Å². The molecule has 3 rings (SSSR count). The molecule has 3 aliphatic rings. The second-order valence-electron chi connectivity index (χ2n) is 11.6. The summed E-state index contributed by atoms with van der Waals surface area (Å²) >= 11 is 0. The van der Waals surface area contributed by atoms with Gasteiger partial charge in [-0.2, -0.15) is 0 Å². The van der Waals surface area contributed by atoms with Crippen LogP contribution in [0.2, 0.25) is 0 Å². The van der Waals surface area contributed by atoms with Crippen LogP contribution in [0.4, 0.5) is 0 Å². The van der Waals surface area contributed by atoms with Crippen LogP contribution in [0, 0.1) is 35.5 Å². The quantitative estimate of drug-likeness (QED) is 0.227. The fourth-order valence-corrected chi connectivity index (χ4v) is 7.06. The highest BCUT2D eigenvalue weighted by Gasteiger charge is 2.30. The molecule has 0 N–H and O–H groups in total. The van der Waals surface area contributed by atoms with E-state index in [1.165, 1.54) is 96.3 Å². The summed E-state index contributed by atoms with van der Waals surface area (Å²) in [5, 5.41) is 0. The Bertz CT molecular complexity index is 490. The number of hydrogen-bond donors (Lipinski definition) is 0. The Morgan fingerprint density at radius 3 is 1.68 bits per heavy atom. The van der Waals surface area contributed by atoms with Crippen molar-refractivity contribution in [1.82, 2.24) is 0 Å². The lowest BCUT2D eigenvalue weighted by Gasteiger charge is -2.37. The van der Waals surface area contributed by atoms with Crippen molar-refractivity contribution in [3.8, 4) is 0 Å². The Hall–Kier alpha value is -0.520. The Morgan fingerprint density at radius 1 is 0.548 bits per heavy atom. The van der Waals surface area contributed by atoms with Gasteiger partial charge in [0.25, 0.3) is 0 Å². The Labute approximate surface area is 195 Å². The van der Waals surface area contributed by atoms with E-state index < -0.39 is 0 Å². The van der Waals surface area contributed by atoms with Gasteiger partial charge in [-0.15, -0.1) is 0 Å². The molecule has 3 aliphatic carbocycles. The first-order chi connectivity index (χ1) is 15.3. The van der Waals surface area contributed by atoms with Crippen molar-refractivity contribution in [2.45, 2.75) is 136 Å². The predicted molar refractivity (Wildman–Crippen MR) is 138 cm³/mol. The molecule has 0 heteroatoms. The zero-order chi connectivity index (χ0) is 21.7. The van der Waals surface area contributed by atoms with Crippen molar-refractivity contribution in [3.63, 3.8) is 0 Å². The minimum absolute atomic E-state index is 0.887. The lowest BCUT2D eigenvalue weighted by molar-refractivity contribution is 0.151. The summed E-state index contributed by atoms with van der Waals surface area (Å²) in [6, 6.07) is 0. The molecule has 31 heavy (non-hydrogen) atoms. The number of unbranched alkanes of at least 4 members (excludes halogenated alkanes) is 2. The van der Waals surface area contributed by atoms with Crippen LogP contribution in [-0.4, -0.2) is 0 Å². The number of hydrogen-bond acceptors (Lipinski definition) is 0. The molecule has 0 bridgehead atoms. The molecular formula is C31H54. The highest BCUT2D eigenvalue weighted by Crippen LogP contribution is 2.42. The normalized spacial score (nSPS) is 35.2. The zero-order valence-electron chi connectivity index (χ0n) is 21.2. The van der Waals surface area contributed by atoms with Gasteiger partial charge in [0.2, 0.25) is 0 Å². The van der Waals surface area contributed by atoms with Gasteiger partial charge in [0.05, 0.1) is 0 Å². The van der Waals surface area contributed by atoms with Crippen molar-refractivity contribution in [3.05, 3.63) is 24.3 Å². The fraction of sp³-hybridized carbons (Fsp3) is 0.871. The molecule has 0 saturated heterocycles. The highest BCUT2D eigenvalue weighted by molar-refractivity contribution is 4.94. The minimum atomic E-state index is 0.887. The van der Waals surface area contributed by atoms with E-state index in [1.807, 2.05) is 0 Å². The molecule has 0 radical (unpaired) electrons. The molecule has 0 aromatic carbocycles. The first-order valence-corrected chi connectivity index (χ1v) is 14.6. The van der Waals surface area contributed by atoms with Gasteiger partial charge < -0.3 is 0 Å². The molecular weight excluding hydrogens is 372 g/mol. The van der Waals surface area contributed by atoms with Crippen LogP contribution in [0.3, 0.4) is 0 Å². The SMILES string of the molecule is CC/C=C/[C@H]1CC[C@H](CC/C=C/C2CCC([C@H]3CC[C@H](CCCCC)CC3)CC2)CC1. The first-order valence-electron chi connectivity index (χ1n) is 14.6. The minimum Gasteiger partial charge on any atom is -0.0885 e. The van der Waals surface area contributed by atoms with E-state index >= 15 is 0 Å². The third-order valence-electron chi connectivity index (χ3n) is 9.28. The van der Waals surface area contributed by atoms with Gasteiger partial charge in [-0.1, -0.05) is 76.7 Å². The topological polar surface area (TPSA) is 0 Å². The van der Waals surface area contributed by atoms with Crippen molar-refractivity contribution in [2.24, 2.45) is 35.5 Å². The summed E-state index contributed by atoms with van der Waals surface area (Å²) in [4.78, 5) is 0. The summed E-state index contributed by atoms with van der Waals surface area (Å²) in [6.45, 7) is 4.59. The summed E-state index contributed by atoms with van der Waals surface area (Å²) in [6.07, 6.45) is 37.9. The summed E-state index contributed by atoms with van der Waals surface area (Å²) in [5.41, 5.74) is 0. The van der Waals surface area contributed by atoms with Crippen LogP contribution in [-0.2, 0) is 0 Å². The molecule has 178 valence electrons. The van der Waals surface area contributed by atoms with Crippen molar-refractivity contribution >= 4 is 0 Å². The second kappa shape index (κ2) is 14.6. The summed E-state index contributed by atoms with van der Waals surface area (Å²) in [5.74, 6) is 6.01. The first kappa shape index (κ1) is 25.1. The Balaban J connectivity index is 1.24. The smallest absolute Gasteiger partial charge is 0.0233 e. The Kier molecular flexibility index (Phi) is 11.8. The van der Waals surface area contributed by atoms with Crippen LogP contribution in [0.1, 0.15) is 136 Å². The van der Waals surface area contributed by atoms with Crippen LogP contribution >= 0.6 is 0 Å². The average molecular weight is 427 g/mol. The van der Waals surface area contributed by atoms with Crippen LogP contribution < -0.4 is 0 Å². The molecule has 0 amide bonds. The fourth-order valence-electron chi connectivity index (χ4n) is 7.06. The maximum absolute atomic E-state index is 2.62. The van der Waals surface area contributed by atoms with Gasteiger partial charge in [0, 0.05) is 0 Å².